The van der Waals surface area contributed by atoms with Crippen LogP contribution in [0.2, 0.25) is 0 Å². The summed E-state index contributed by atoms with van der Waals surface area (Å²) in [6.07, 6.45) is 0.796. The van der Waals surface area contributed by atoms with Crippen LogP contribution in [0.4, 0.5) is 16.1 Å². The summed E-state index contributed by atoms with van der Waals surface area (Å²) >= 11 is 2.66. The van der Waals surface area contributed by atoms with Gasteiger partial charge < -0.3 is 14.9 Å². The van der Waals surface area contributed by atoms with Gasteiger partial charge in [0.2, 0.25) is 21.9 Å². The van der Waals surface area contributed by atoms with Gasteiger partial charge in [-0.15, -0.1) is 5.10 Å². The molecule has 1 unspecified atom stereocenters. The summed E-state index contributed by atoms with van der Waals surface area (Å²) in [7, 11) is 3.67. The van der Waals surface area contributed by atoms with E-state index in [1.807, 2.05) is 50.1 Å². The average molecular weight is 606 g/mol. The minimum atomic E-state index is -0.455. The molecule has 4 aromatic rings. The third kappa shape index (κ3) is 4.92. The number of carbonyl (C=O) groups excluding carboxylic acids is 2. The van der Waals surface area contributed by atoms with Crippen LogP contribution < -0.4 is 9.80 Å². The van der Waals surface area contributed by atoms with Crippen molar-refractivity contribution >= 4 is 55.5 Å². The Morgan fingerprint density at radius 2 is 1.93 bits per heavy atom. The number of β-amino-alcohol motifs (C(OH)–C–C–N with tert-alkyl or cyclic N) is 1. The maximum absolute atomic E-state index is 13.4. The summed E-state index contributed by atoms with van der Waals surface area (Å²) in [6, 6.07) is 9.81. The molecule has 0 radical (unpaired) electrons. The maximum Gasteiger partial charge on any atom is 0.246 e. The fraction of sp³-hybridized carbons (Fsp3) is 0.429. The van der Waals surface area contributed by atoms with E-state index >= 15 is 0 Å². The van der Waals surface area contributed by atoms with Crippen LogP contribution in [0.1, 0.15) is 29.5 Å². The van der Waals surface area contributed by atoms with E-state index in [-0.39, 0.29) is 18.4 Å². The number of carbonyl (C=O) groups is 2. The fourth-order valence-corrected chi connectivity index (χ4v) is 7.12. The van der Waals surface area contributed by atoms with E-state index in [0.29, 0.717) is 58.3 Å². The van der Waals surface area contributed by atoms with Gasteiger partial charge in [-0.3, -0.25) is 19.4 Å². The predicted octanol–water partition coefficient (Wildman–Crippen LogP) is 2.66. The molecule has 1 aromatic carbocycles. The average Bonchev–Trinajstić information content (AvgIpc) is 3.72. The number of benzene rings is 1. The second-order valence-electron chi connectivity index (χ2n) is 10.7. The molecule has 2 amide bonds. The molecule has 2 aliphatic heterocycles. The van der Waals surface area contributed by atoms with Crippen molar-refractivity contribution in [1.29, 1.82) is 5.26 Å². The molecule has 42 heavy (non-hydrogen) atoms. The van der Waals surface area contributed by atoms with Crippen LogP contribution in [0.25, 0.3) is 16.2 Å². The molecule has 218 valence electrons. The Labute approximate surface area is 251 Å². The third-order valence-corrected chi connectivity index (χ3v) is 9.73. The Bertz CT molecular complexity index is 1700. The summed E-state index contributed by atoms with van der Waals surface area (Å²) in [5, 5.41) is 25.3. The molecule has 0 spiro atoms. The highest BCUT2D eigenvalue weighted by molar-refractivity contribution is 7.20. The summed E-state index contributed by atoms with van der Waals surface area (Å²) in [5.74, 6) is 0.554. The lowest BCUT2D eigenvalue weighted by Gasteiger charge is -2.37. The highest BCUT2D eigenvalue weighted by Gasteiger charge is 2.39. The molecule has 3 aromatic heterocycles. The molecule has 1 atom stereocenters. The van der Waals surface area contributed by atoms with Crippen LogP contribution in [0.15, 0.2) is 24.3 Å². The monoisotopic (exact) mass is 605 g/mol. The Hall–Kier alpha value is -3.90. The van der Waals surface area contributed by atoms with Crippen molar-refractivity contribution in [2.75, 3.05) is 50.1 Å². The van der Waals surface area contributed by atoms with Gasteiger partial charge in [0.1, 0.15) is 16.6 Å². The molecule has 6 rings (SSSR count). The van der Waals surface area contributed by atoms with Gasteiger partial charge in [0.25, 0.3) is 0 Å². The lowest BCUT2D eigenvalue weighted by Crippen LogP contribution is -2.56. The largest absolute Gasteiger partial charge is 0.389 e. The number of imidazole rings is 1. The quantitative estimate of drug-likeness (QED) is 0.322. The standard InChI is InChI=1S/C28H31N9O3S2/c1-5-19-24(34(4)26-31-23(21(12-29)41-26)17-8-6-16(2)7-9-17)37-27(30-19)42-28(32-37)36-11-10-20(25(36)40)33(3)15-22(39)35-13-18(38)14-35/h6-9,18,20,38H,5,10-11,13-15H2,1-4H3. The van der Waals surface area contributed by atoms with E-state index in [2.05, 4.69) is 6.07 Å². The number of rotatable bonds is 8. The molecule has 12 nitrogen and oxygen atoms in total. The van der Waals surface area contributed by atoms with E-state index in [9.17, 15) is 20.0 Å². The summed E-state index contributed by atoms with van der Waals surface area (Å²) in [6.45, 7) is 5.35. The minimum absolute atomic E-state index is 0.0891. The number of nitrogens with zero attached hydrogens (tertiary/aromatic N) is 9. The Kier molecular flexibility index (Phi) is 7.44. The van der Waals surface area contributed by atoms with E-state index in [1.54, 1.807) is 26.3 Å². The van der Waals surface area contributed by atoms with Gasteiger partial charge in [-0.05, 0) is 26.8 Å². The van der Waals surface area contributed by atoms with E-state index in [1.165, 1.54) is 22.7 Å². The van der Waals surface area contributed by atoms with E-state index in [4.69, 9.17) is 15.1 Å². The smallest absolute Gasteiger partial charge is 0.246 e. The van der Waals surface area contributed by atoms with Crippen LogP contribution >= 0.6 is 22.7 Å². The van der Waals surface area contributed by atoms with Crippen LogP contribution in [-0.2, 0) is 16.0 Å². The van der Waals surface area contributed by atoms with E-state index < -0.39 is 12.1 Å². The molecule has 1 N–H and O–H groups in total. The van der Waals surface area contributed by atoms with Crippen molar-refractivity contribution in [1.82, 2.24) is 29.4 Å². The summed E-state index contributed by atoms with van der Waals surface area (Å²) in [5.41, 5.74) is 3.50. The molecule has 0 bridgehead atoms. The van der Waals surface area contributed by atoms with Crippen molar-refractivity contribution in [2.45, 2.75) is 38.8 Å². The van der Waals surface area contributed by atoms with Gasteiger partial charge in [-0.2, -0.15) is 9.78 Å². The number of hydrogen-bond donors (Lipinski definition) is 1. The number of aliphatic hydroxyl groups excluding tert-OH is 1. The van der Waals surface area contributed by atoms with Crippen LogP contribution in [0.5, 0.6) is 0 Å². The molecule has 14 heteroatoms. The molecule has 0 aliphatic carbocycles. The molecular weight excluding hydrogens is 575 g/mol. The zero-order valence-corrected chi connectivity index (χ0v) is 25.4. The number of thiazole rings is 1. The number of aliphatic hydroxyl groups is 1. The minimum Gasteiger partial charge on any atom is -0.389 e. The summed E-state index contributed by atoms with van der Waals surface area (Å²) in [4.78, 5) is 43.7. The predicted molar refractivity (Wildman–Crippen MR) is 161 cm³/mol. The molecule has 2 saturated heterocycles. The van der Waals surface area contributed by atoms with Crippen molar-refractivity contribution in [3.63, 3.8) is 0 Å². The molecule has 2 aliphatic rings. The number of amides is 2. The Morgan fingerprint density at radius 1 is 1.19 bits per heavy atom. The van der Waals surface area contributed by atoms with Gasteiger partial charge >= 0.3 is 0 Å². The number of fused-ring (bicyclic) bond motifs is 1. The zero-order valence-electron chi connectivity index (χ0n) is 23.8. The van der Waals surface area contributed by atoms with Crippen molar-refractivity contribution in [3.8, 4) is 17.3 Å². The first-order chi connectivity index (χ1) is 20.2. The lowest BCUT2D eigenvalue weighted by atomic mass is 10.1. The fourth-order valence-electron chi connectivity index (χ4n) is 5.32. The number of likely N-dealkylation sites (tertiary alicyclic amines) is 1. The number of aryl methyl sites for hydroxylation is 2. The van der Waals surface area contributed by atoms with Gasteiger partial charge in [0.05, 0.1) is 24.4 Å². The van der Waals surface area contributed by atoms with E-state index in [0.717, 1.165) is 22.6 Å². The normalized spacial score (nSPS) is 17.4. The van der Waals surface area contributed by atoms with Gasteiger partial charge in [-0.25, -0.2) is 9.97 Å². The Balaban J connectivity index is 1.25. The second-order valence-corrected chi connectivity index (χ2v) is 12.6. The summed E-state index contributed by atoms with van der Waals surface area (Å²) < 4.78 is 1.75. The SMILES string of the molecule is CCc1nc2sc(N3CCC(N(C)CC(=O)N4CC(O)C4)C3=O)nn2c1N(C)c1nc(-c2ccc(C)cc2)c(C#N)s1. The molecule has 2 fully saturated rings. The van der Waals surface area contributed by atoms with Crippen molar-refractivity contribution < 1.29 is 14.7 Å². The van der Waals surface area contributed by atoms with Crippen LogP contribution in [-0.4, -0.2) is 98.7 Å². The molecular formula is C28H31N9O3S2. The number of likely N-dealkylation sites (N-methyl/N-ethyl adjacent to an activating group) is 1. The topological polar surface area (TPSA) is 134 Å². The highest BCUT2D eigenvalue weighted by atomic mass is 32.1. The molecule has 0 saturated carbocycles. The maximum atomic E-state index is 13.4. The van der Waals surface area contributed by atoms with Gasteiger partial charge in [0, 0.05) is 32.2 Å². The van der Waals surface area contributed by atoms with Gasteiger partial charge in [0.15, 0.2) is 10.9 Å². The number of aromatic nitrogens is 4. The second kappa shape index (κ2) is 11.1. The molecule has 5 heterocycles. The van der Waals surface area contributed by atoms with Crippen molar-refractivity contribution in [3.05, 3.63) is 40.4 Å². The first-order valence-electron chi connectivity index (χ1n) is 13.8. The number of hydrogen-bond acceptors (Lipinski definition) is 11. The van der Waals surface area contributed by atoms with Gasteiger partial charge in [-0.1, -0.05) is 59.4 Å². The van der Waals surface area contributed by atoms with Crippen molar-refractivity contribution in [2.24, 2.45) is 0 Å². The number of anilines is 3. The van der Waals surface area contributed by atoms with Crippen LogP contribution in [0, 0.1) is 18.3 Å². The Morgan fingerprint density at radius 3 is 2.60 bits per heavy atom. The number of nitriles is 1. The van der Waals surface area contributed by atoms with Crippen LogP contribution in [0.3, 0.4) is 0 Å². The lowest BCUT2D eigenvalue weighted by molar-refractivity contribution is -0.143. The zero-order chi connectivity index (χ0) is 29.7. The highest BCUT2D eigenvalue weighted by Crippen LogP contribution is 2.38. The first-order valence-corrected chi connectivity index (χ1v) is 15.4. The third-order valence-electron chi connectivity index (χ3n) is 7.76. The first kappa shape index (κ1) is 28.2.